The number of Topliss-reactive ketones (excluding diaryl/α,β-unsaturated/α-hetero) is 1. The number of halogens is 1. The Labute approximate surface area is 149 Å². The number of carbonyl (C=O) groups excluding carboxylic acids is 2. The van der Waals surface area contributed by atoms with Gasteiger partial charge in [0, 0.05) is 27.6 Å². The molecule has 0 saturated carbocycles. The quantitative estimate of drug-likeness (QED) is 0.841. The number of dihydropyridines is 1. The molecule has 130 valence electrons. The third kappa shape index (κ3) is 2.87. The number of allylic oxidation sites excluding steroid dienone is 3. The van der Waals surface area contributed by atoms with Gasteiger partial charge in [-0.3, -0.25) is 4.79 Å². The molecule has 2 aromatic rings. The van der Waals surface area contributed by atoms with Gasteiger partial charge >= 0.3 is 5.97 Å². The number of benzene rings is 1. The second-order valence-corrected chi connectivity index (χ2v) is 6.93. The summed E-state index contributed by atoms with van der Waals surface area (Å²) in [4.78, 5) is 24.8. The second kappa shape index (κ2) is 6.44. The maximum absolute atomic E-state index is 13.8. The standard InChI is InChI=1S/C19H18FNO3S/c1-9-16(11(3)22)18(17(10(2)21-9)19(23)24-4)14-8-25-15-6-5-12(20)7-13(14)15/h5-8,18,21H,1-4H3. The Morgan fingerprint density at radius 2 is 1.88 bits per heavy atom. The van der Waals surface area contributed by atoms with E-state index in [0.717, 1.165) is 10.3 Å². The number of ether oxygens (including phenoxy) is 1. The third-order valence-corrected chi connectivity index (χ3v) is 5.40. The molecule has 1 aliphatic heterocycles. The number of hydrogen-bond acceptors (Lipinski definition) is 5. The number of fused-ring (bicyclic) bond motifs is 1. The van der Waals surface area contributed by atoms with E-state index in [1.165, 1.54) is 37.5 Å². The highest BCUT2D eigenvalue weighted by Crippen LogP contribution is 2.43. The van der Waals surface area contributed by atoms with Crippen LogP contribution in [-0.4, -0.2) is 18.9 Å². The fourth-order valence-corrected chi connectivity index (χ4v) is 4.36. The van der Waals surface area contributed by atoms with Gasteiger partial charge in [0.25, 0.3) is 0 Å². The van der Waals surface area contributed by atoms with E-state index >= 15 is 0 Å². The molecule has 0 bridgehead atoms. The molecule has 1 unspecified atom stereocenters. The number of ketones is 1. The van der Waals surface area contributed by atoms with Crippen molar-refractivity contribution in [2.45, 2.75) is 26.7 Å². The molecule has 2 heterocycles. The van der Waals surface area contributed by atoms with Crippen LogP contribution in [0.25, 0.3) is 10.1 Å². The molecule has 0 spiro atoms. The normalized spacial score (nSPS) is 17.7. The largest absolute Gasteiger partial charge is 0.466 e. The van der Waals surface area contributed by atoms with Crippen LogP contribution in [0.3, 0.4) is 0 Å². The van der Waals surface area contributed by atoms with E-state index in [4.69, 9.17) is 4.74 Å². The molecule has 1 aromatic carbocycles. The first-order valence-electron chi connectivity index (χ1n) is 7.79. The number of hydrogen-bond donors (Lipinski definition) is 1. The maximum Gasteiger partial charge on any atom is 0.336 e. The van der Waals surface area contributed by atoms with Crippen molar-refractivity contribution < 1.29 is 18.7 Å². The van der Waals surface area contributed by atoms with E-state index in [-0.39, 0.29) is 11.6 Å². The van der Waals surface area contributed by atoms with Gasteiger partial charge in [0.2, 0.25) is 0 Å². The minimum Gasteiger partial charge on any atom is -0.466 e. The molecule has 25 heavy (non-hydrogen) atoms. The van der Waals surface area contributed by atoms with E-state index in [2.05, 4.69) is 5.32 Å². The highest BCUT2D eigenvalue weighted by molar-refractivity contribution is 7.17. The average molecular weight is 359 g/mol. The summed E-state index contributed by atoms with van der Waals surface area (Å²) in [6.07, 6.45) is 0. The van der Waals surface area contributed by atoms with Crippen molar-refractivity contribution in [2.75, 3.05) is 7.11 Å². The summed E-state index contributed by atoms with van der Waals surface area (Å²) in [6.45, 7) is 5.05. The molecular weight excluding hydrogens is 341 g/mol. The fraction of sp³-hybridized carbons (Fsp3) is 0.263. The van der Waals surface area contributed by atoms with Crippen molar-refractivity contribution >= 4 is 33.2 Å². The molecule has 4 nitrogen and oxygen atoms in total. The lowest BCUT2D eigenvalue weighted by Gasteiger charge is -2.30. The average Bonchev–Trinajstić information content (AvgIpc) is 2.95. The van der Waals surface area contributed by atoms with Gasteiger partial charge in [-0.05, 0) is 55.3 Å². The summed E-state index contributed by atoms with van der Waals surface area (Å²) in [5.74, 6) is -1.58. The van der Waals surface area contributed by atoms with Crippen LogP contribution in [-0.2, 0) is 14.3 Å². The summed E-state index contributed by atoms with van der Waals surface area (Å²) >= 11 is 1.46. The Bertz CT molecular complexity index is 955. The van der Waals surface area contributed by atoms with Crippen molar-refractivity contribution in [1.82, 2.24) is 5.32 Å². The molecule has 6 heteroatoms. The summed E-state index contributed by atoms with van der Waals surface area (Å²) in [5, 5.41) is 5.68. The fourth-order valence-electron chi connectivity index (χ4n) is 3.40. The van der Waals surface area contributed by atoms with Crippen molar-refractivity contribution in [1.29, 1.82) is 0 Å². The molecule has 1 atom stereocenters. The molecule has 3 rings (SSSR count). The first kappa shape index (κ1) is 17.4. The molecule has 1 N–H and O–H groups in total. The van der Waals surface area contributed by atoms with Crippen LogP contribution in [0.1, 0.15) is 32.3 Å². The van der Waals surface area contributed by atoms with Crippen molar-refractivity contribution in [3.05, 3.63) is 57.5 Å². The van der Waals surface area contributed by atoms with Crippen LogP contribution in [0.15, 0.2) is 46.1 Å². The minimum atomic E-state index is -0.582. The SMILES string of the molecule is COC(=O)C1=C(C)NC(C)=C(C(C)=O)C1c1csc2ccc(F)cc12. The highest BCUT2D eigenvalue weighted by Gasteiger charge is 2.36. The molecule has 0 aliphatic carbocycles. The maximum atomic E-state index is 13.8. The van der Waals surface area contributed by atoms with Gasteiger partial charge in [-0.15, -0.1) is 11.3 Å². The lowest BCUT2D eigenvalue weighted by Crippen LogP contribution is -2.30. The van der Waals surface area contributed by atoms with Gasteiger partial charge in [-0.1, -0.05) is 0 Å². The topological polar surface area (TPSA) is 55.4 Å². The lowest BCUT2D eigenvalue weighted by molar-refractivity contribution is -0.136. The molecule has 1 aromatic heterocycles. The van der Waals surface area contributed by atoms with Crippen molar-refractivity contribution in [3.8, 4) is 0 Å². The van der Waals surface area contributed by atoms with E-state index in [9.17, 15) is 14.0 Å². The predicted molar refractivity (Wildman–Crippen MR) is 95.8 cm³/mol. The predicted octanol–water partition coefficient (Wildman–Crippen LogP) is 4.04. The zero-order valence-electron chi connectivity index (χ0n) is 14.4. The summed E-state index contributed by atoms with van der Waals surface area (Å²) in [5.41, 5.74) is 2.94. The van der Waals surface area contributed by atoms with E-state index in [0.29, 0.717) is 27.9 Å². The number of methoxy groups -OCH3 is 1. The zero-order chi connectivity index (χ0) is 18.3. The highest BCUT2D eigenvalue weighted by atomic mass is 32.1. The van der Waals surface area contributed by atoms with Gasteiger partial charge in [0.1, 0.15) is 5.82 Å². The number of esters is 1. The lowest BCUT2D eigenvalue weighted by atomic mass is 9.79. The van der Waals surface area contributed by atoms with Gasteiger partial charge in [-0.2, -0.15) is 0 Å². The van der Waals surface area contributed by atoms with Crippen molar-refractivity contribution in [3.63, 3.8) is 0 Å². The molecule has 0 saturated heterocycles. The Morgan fingerprint density at radius 3 is 2.52 bits per heavy atom. The van der Waals surface area contributed by atoms with E-state index in [1.807, 2.05) is 5.38 Å². The molecule has 1 aliphatic rings. The van der Waals surface area contributed by atoms with Crippen LogP contribution < -0.4 is 5.32 Å². The summed E-state index contributed by atoms with van der Waals surface area (Å²) in [6, 6.07) is 4.55. The Morgan fingerprint density at radius 1 is 1.20 bits per heavy atom. The number of carbonyl (C=O) groups is 2. The summed E-state index contributed by atoms with van der Waals surface area (Å²) < 4.78 is 19.6. The Hall–Kier alpha value is -2.47. The monoisotopic (exact) mass is 359 g/mol. The molecular formula is C19H18FNO3S. The number of nitrogens with one attached hydrogen (secondary N) is 1. The van der Waals surface area contributed by atoms with Crippen LogP contribution in [0.5, 0.6) is 0 Å². The van der Waals surface area contributed by atoms with Crippen LogP contribution in [0.4, 0.5) is 4.39 Å². The first-order chi connectivity index (χ1) is 11.8. The van der Waals surface area contributed by atoms with E-state index < -0.39 is 11.9 Å². The molecule has 0 fully saturated rings. The Kier molecular flexibility index (Phi) is 4.47. The zero-order valence-corrected chi connectivity index (χ0v) is 15.2. The second-order valence-electron chi connectivity index (χ2n) is 6.01. The van der Waals surface area contributed by atoms with Crippen LogP contribution in [0, 0.1) is 5.82 Å². The van der Waals surface area contributed by atoms with Crippen LogP contribution >= 0.6 is 11.3 Å². The minimum absolute atomic E-state index is 0.139. The smallest absolute Gasteiger partial charge is 0.336 e. The van der Waals surface area contributed by atoms with Gasteiger partial charge < -0.3 is 10.1 Å². The van der Waals surface area contributed by atoms with Gasteiger partial charge in [0.05, 0.1) is 12.7 Å². The van der Waals surface area contributed by atoms with Crippen LogP contribution in [0.2, 0.25) is 0 Å². The van der Waals surface area contributed by atoms with Crippen molar-refractivity contribution in [2.24, 2.45) is 0 Å². The number of rotatable bonds is 3. The van der Waals surface area contributed by atoms with Gasteiger partial charge in [-0.25, -0.2) is 9.18 Å². The Balaban J connectivity index is 2.32. The van der Waals surface area contributed by atoms with Gasteiger partial charge in [0.15, 0.2) is 5.78 Å². The summed E-state index contributed by atoms with van der Waals surface area (Å²) in [7, 11) is 1.31. The first-order valence-corrected chi connectivity index (χ1v) is 8.67. The number of thiophene rings is 1. The third-order valence-electron chi connectivity index (χ3n) is 4.42. The molecule has 0 amide bonds. The molecule has 0 radical (unpaired) electrons. The van der Waals surface area contributed by atoms with E-state index in [1.54, 1.807) is 19.9 Å².